The summed E-state index contributed by atoms with van der Waals surface area (Å²) in [7, 11) is -1.53. The molecule has 0 saturated carbocycles. The molecule has 0 amide bonds. The van der Waals surface area contributed by atoms with Crippen molar-refractivity contribution in [1.29, 1.82) is 0 Å². The highest BCUT2D eigenvalue weighted by Gasteiger charge is 2.13. The van der Waals surface area contributed by atoms with Crippen LogP contribution in [0.1, 0.15) is 65.0 Å². The van der Waals surface area contributed by atoms with Crippen LogP contribution in [0.5, 0.6) is 0 Å². The van der Waals surface area contributed by atoms with Crippen LogP contribution in [0.15, 0.2) is 29.3 Å². The first-order valence-electron chi connectivity index (χ1n) is 10.2. The summed E-state index contributed by atoms with van der Waals surface area (Å²) in [6, 6.07) is 7.90. The van der Waals surface area contributed by atoms with Gasteiger partial charge >= 0.3 is 0 Å². The number of aliphatic imine (C=N–C) groups is 1. The van der Waals surface area contributed by atoms with Gasteiger partial charge in [-0.1, -0.05) is 51.0 Å². The molecule has 0 heterocycles. The first kappa shape index (κ1) is 28.1. The predicted octanol–water partition coefficient (Wildman–Crippen LogP) is 4.01. The van der Waals surface area contributed by atoms with Gasteiger partial charge in [0.25, 0.3) is 0 Å². The van der Waals surface area contributed by atoms with E-state index < -0.39 is 10.0 Å². The van der Waals surface area contributed by atoms with Crippen LogP contribution in [0.4, 0.5) is 0 Å². The van der Waals surface area contributed by atoms with Crippen molar-refractivity contribution < 1.29 is 8.42 Å². The maximum absolute atomic E-state index is 12.0. The van der Waals surface area contributed by atoms with E-state index >= 15 is 0 Å². The second-order valence-electron chi connectivity index (χ2n) is 8.14. The van der Waals surface area contributed by atoms with Crippen LogP contribution in [0.3, 0.4) is 0 Å². The smallest absolute Gasteiger partial charge is 0.216 e. The molecule has 3 N–H and O–H groups in total. The Hall–Kier alpha value is -0.870. The lowest BCUT2D eigenvalue weighted by atomic mass is 10.0. The highest BCUT2D eigenvalue weighted by molar-refractivity contribution is 14.0. The molecule has 0 bridgehead atoms. The van der Waals surface area contributed by atoms with E-state index in [2.05, 4.69) is 41.1 Å². The second kappa shape index (κ2) is 14.2. The summed E-state index contributed by atoms with van der Waals surface area (Å²) in [6.07, 6.45) is 3.57. The lowest BCUT2D eigenvalue weighted by molar-refractivity contribution is 0.491. The van der Waals surface area contributed by atoms with Crippen LogP contribution in [0.2, 0.25) is 0 Å². The summed E-state index contributed by atoms with van der Waals surface area (Å²) < 4.78 is 26.6. The van der Waals surface area contributed by atoms with Crippen LogP contribution >= 0.6 is 24.0 Å². The summed E-state index contributed by atoms with van der Waals surface area (Å²) in [5.41, 5.74) is 1.85. The van der Waals surface area contributed by atoms with Gasteiger partial charge < -0.3 is 10.6 Å². The fourth-order valence-corrected chi connectivity index (χ4v) is 4.32. The Morgan fingerprint density at radius 1 is 1.00 bits per heavy atom. The van der Waals surface area contributed by atoms with Crippen LogP contribution in [0.25, 0.3) is 0 Å². The SMILES string of the molecule is CN=C(NCc1ccc(CS(=O)(=O)NC(C)C)cc1)NC(C)CCCC(C)C.I. The largest absolute Gasteiger partial charge is 0.354 e. The van der Waals surface area contributed by atoms with Gasteiger partial charge in [-0.25, -0.2) is 13.1 Å². The average Bonchev–Trinajstić information content (AvgIpc) is 2.58. The molecule has 6 nitrogen and oxygen atoms in total. The van der Waals surface area contributed by atoms with Gasteiger partial charge in [-0.3, -0.25) is 4.99 Å². The third-order valence-corrected chi connectivity index (χ3v) is 5.82. The molecule has 1 aromatic rings. The summed E-state index contributed by atoms with van der Waals surface area (Å²) >= 11 is 0. The minimum atomic E-state index is -3.30. The van der Waals surface area contributed by atoms with Gasteiger partial charge in [0, 0.05) is 25.7 Å². The number of hydrogen-bond donors (Lipinski definition) is 3. The highest BCUT2D eigenvalue weighted by Crippen LogP contribution is 2.09. The van der Waals surface area contributed by atoms with Gasteiger partial charge in [0.15, 0.2) is 5.96 Å². The molecule has 0 radical (unpaired) electrons. The zero-order valence-electron chi connectivity index (χ0n) is 18.7. The summed E-state index contributed by atoms with van der Waals surface area (Å²) in [5, 5.41) is 6.74. The van der Waals surface area contributed by atoms with Crippen molar-refractivity contribution in [3.8, 4) is 0 Å². The van der Waals surface area contributed by atoms with Crippen LogP contribution in [0, 0.1) is 5.92 Å². The highest BCUT2D eigenvalue weighted by atomic mass is 127. The zero-order valence-corrected chi connectivity index (χ0v) is 21.8. The van der Waals surface area contributed by atoms with Crippen LogP contribution in [-0.2, 0) is 22.3 Å². The second-order valence-corrected chi connectivity index (χ2v) is 9.90. The fourth-order valence-electron chi connectivity index (χ4n) is 2.89. The number of nitrogens with one attached hydrogen (secondary N) is 3. The van der Waals surface area contributed by atoms with Gasteiger partial charge in [-0.15, -0.1) is 24.0 Å². The molecule has 168 valence electrons. The monoisotopic (exact) mass is 538 g/mol. The van der Waals surface area contributed by atoms with Gasteiger partial charge in [0.1, 0.15) is 0 Å². The summed E-state index contributed by atoms with van der Waals surface area (Å²) in [4.78, 5) is 4.29. The lowest BCUT2D eigenvalue weighted by Crippen LogP contribution is -2.41. The molecule has 1 unspecified atom stereocenters. The molecule has 1 atom stereocenters. The normalized spacial score (nSPS) is 13.3. The maximum Gasteiger partial charge on any atom is 0.216 e. The first-order valence-corrected chi connectivity index (χ1v) is 11.8. The van der Waals surface area contributed by atoms with Crippen molar-refractivity contribution in [2.75, 3.05) is 7.05 Å². The lowest BCUT2D eigenvalue weighted by Gasteiger charge is -2.18. The van der Waals surface area contributed by atoms with E-state index in [0.717, 1.165) is 29.4 Å². The van der Waals surface area contributed by atoms with E-state index in [9.17, 15) is 8.42 Å². The van der Waals surface area contributed by atoms with E-state index in [1.54, 1.807) is 7.05 Å². The Kier molecular flexibility index (Phi) is 13.8. The number of nitrogens with zero attached hydrogens (tertiary/aromatic N) is 1. The number of halogens is 1. The minimum absolute atomic E-state index is 0. The number of guanidine groups is 1. The molecule has 29 heavy (non-hydrogen) atoms. The van der Waals surface area contributed by atoms with Crippen molar-refractivity contribution in [3.05, 3.63) is 35.4 Å². The zero-order chi connectivity index (χ0) is 21.2. The Morgan fingerprint density at radius 3 is 2.10 bits per heavy atom. The van der Waals surface area contributed by atoms with Crippen molar-refractivity contribution in [1.82, 2.24) is 15.4 Å². The Morgan fingerprint density at radius 2 is 1.59 bits per heavy atom. The number of sulfonamides is 1. The molecule has 0 saturated heterocycles. The third-order valence-electron chi connectivity index (χ3n) is 4.28. The van der Waals surface area contributed by atoms with Crippen molar-refractivity contribution in [2.45, 2.75) is 78.3 Å². The maximum atomic E-state index is 12.0. The van der Waals surface area contributed by atoms with E-state index in [0.29, 0.717) is 12.6 Å². The van der Waals surface area contributed by atoms with Gasteiger partial charge in [-0.05, 0) is 44.2 Å². The Balaban J connectivity index is 0.00000784. The molecule has 0 aliphatic heterocycles. The number of hydrogen-bond acceptors (Lipinski definition) is 3. The van der Waals surface area contributed by atoms with Crippen LogP contribution < -0.4 is 15.4 Å². The fraction of sp³-hybridized carbons (Fsp3) is 0.667. The van der Waals surface area contributed by atoms with E-state index in [-0.39, 0.29) is 35.8 Å². The molecular weight excluding hydrogens is 499 g/mol. The molecule has 1 aromatic carbocycles. The van der Waals surface area contributed by atoms with Crippen molar-refractivity contribution >= 4 is 40.0 Å². The Bertz CT molecular complexity index is 704. The van der Waals surface area contributed by atoms with E-state index in [1.165, 1.54) is 12.8 Å². The Labute approximate surface area is 194 Å². The quantitative estimate of drug-likeness (QED) is 0.226. The number of rotatable bonds is 11. The van der Waals surface area contributed by atoms with Gasteiger partial charge in [-0.2, -0.15) is 0 Å². The first-order chi connectivity index (χ1) is 13.1. The molecule has 0 aliphatic rings. The van der Waals surface area contributed by atoms with E-state index in [1.807, 2.05) is 38.1 Å². The van der Waals surface area contributed by atoms with Gasteiger partial charge in [0.2, 0.25) is 10.0 Å². The number of benzene rings is 1. The topological polar surface area (TPSA) is 82.6 Å². The molecular formula is C21H39IN4O2S. The average molecular weight is 539 g/mol. The molecule has 8 heteroatoms. The predicted molar refractivity (Wildman–Crippen MR) is 134 cm³/mol. The minimum Gasteiger partial charge on any atom is -0.354 e. The molecule has 0 fully saturated rings. The van der Waals surface area contributed by atoms with Crippen LogP contribution in [-0.4, -0.2) is 33.5 Å². The standard InChI is InChI=1S/C21H38N4O2S.HI/c1-16(2)8-7-9-18(5)24-21(22-6)23-14-19-10-12-20(13-11-19)15-28(26,27)25-17(3)4;/h10-13,16-18,25H,7-9,14-15H2,1-6H3,(H2,22,23,24);1H. The summed E-state index contributed by atoms with van der Waals surface area (Å²) in [6.45, 7) is 10.9. The summed E-state index contributed by atoms with van der Waals surface area (Å²) in [5.74, 6) is 1.52. The van der Waals surface area contributed by atoms with E-state index in [4.69, 9.17) is 0 Å². The molecule has 0 aromatic heterocycles. The molecule has 0 spiro atoms. The third kappa shape index (κ3) is 13.1. The van der Waals surface area contributed by atoms with Gasteiger partial charge in [0.05, 0.1) is 5.75 Å². The molecule has 1 rings (SSSR count). The molecule has 0 aliphatic carbocycles. The van der Waals surface area contributed by atoms with Crippen molar-refractivity contribution in [3.63, 3.8) is 0 Å². The van der Waals surface area contributed by atoms with Crippen molar-refractivity contribution in [2.24, 2.45) is 10.9 Å².